The predicted octanol–water partition coefficient (Wildman–Crippen LogP) is 2.25. The van der Waals surface area contributed by atoms with Gasteiger partial charge in [0.25, 0.3) is 0 Å². The van der Waals surface area contributed by atoms with Crippen molar-refractivity contribution in [2.75, 3.05) is 12.4 Å². The maximum Gasteiger partial charge on any atom is 0.340 e. The first-order chi connectivity index (χ1) is 11.6. The lowest BCUT2D eigenvalue weighted by molar-refractivity contribution is -0.137. The van der Waals surface area contributed by atoms with Crippen LogP contribution in [0.2, 0.25) is 0 Å². The van der Waals surface area contributed by atoms with Crippen molar-refractivity contribution in [3.8, 4) is 5.75 Å². The number of rotatable bonds is 4. The molecule has 0 aliphatic carbocycles. The van der Waals surface area contributed by atoms with Crippen LogP contribution < -0.4 is 0 Å². The molecule has 0 spiro atoms. The van der Waals surface area contributed by atoms with Crippen LogP contribution in [0.15, 0.2) is 40.1 Å². The molecule has 0 saturated heterocycles. The second-order valence-electron chi connectivity index (χ2n) is 5.05. The largest absolute Gasteiger partial charge is 0.508 e. The molecule has 1 N–H and O–H groups in total. The molecule has 0 bridgehead atoms. The number of phenols is 1. The van der Waals surface area contributed by atoms with E-state index in [1.807, 2.05) is 0 Å². The van der Waals surface area contributed by atoms with E-state index in [4.69, 9.17) is 4.74 Å². The topological polar surface area (TPSA) is 89.6 Å². The smallest absolute Gasteiger partial charge is 0.340 e. The van der Waals surface area contributed by atoms with Gasteiger partial charge in [-0.2, -0.15) is 9.78 Å². The zero-order valence-corrected chi connectivity index (χ0v) is 14.1. The molecular weight excluding hydrogens is 328 g/mol. The van der Waals surface area contributed by atoms with Gasteiger partial charge in [0.15, 0.2) is 5.82 Å². The minimum atomic E-state index is -0.450. The number of esters is 1. The molecule has 1 aliphatic heterocycles. The van der Waals surface area contributed by atoms with E-state index in [-0.39, 0.29) is 12.4 Å². The molecule has 124 valence electrons. The molecule has 3 rings (SSSR count). The van der Waals surface area contributed by atoms with Gasteiger partial charge < -0.3 is 9.84 Å². The monoisotopic (exact) mass is 344 g/mol. The molecule has 7 nitrogen and oxygen atoms in total. The van der Waals surface area contributed by atoms with Crippen LogP contribution in [0.3, 0.4) is 0 Å². The van der Waals surface area contributed by atoms with Crippen LogP contribution in [0.1, 0.15) is 18.3 Å². The Morgan fingerprint density at radius 2 is 2.29 bits per heavy atom. The summed E-state index contributed by atoms with van der Waals surface area (Å²) in [5.74, 6) is 0.815. The van der Waals surface area contributed by atoms with Crippen LogP contribution in [-0.4, -0.2) is 44.0 Å². The Balaban J connectivity index is 2.04. The molecule has 24 heavy (non-hydrogen) atoms. The molecule has 0 amide bonds. The van der Waals surface area contributed by atoms with Gasteiger partial charge in [-0.05, 0) is 37.6 Å². The van der Waals surface area contributed by atoms with E-state index in [2.05, 4.69) is 15.3 Å². The average molecular weight is 344 g/mol. The summed E-state index contributed by atoms with van der Waals surface area (Å²) in [7, 11) is 0. The van der Waals surface area contributed by atoms with Crippen LogP contribution in [0.4, 0.5) is 0 Å². The molecule has 1 aliphatic rings. The highest BCUT2D eigenvalue weighted by Crippen LogP contribution is 2.25. The van der Waals surface area contributed by atoms with Gasteiger partial charge in [-0.1, -0.05) is 23.9 Å². The number of aromatic nitrogens is 3. The normalized spacial score (nSPS) is 14.1. The van der Waals surface area contributed by atoms with E-state index in [0.29, 0.717) is 33.6 Å². The first-order valence-corrected chi connectivity index (χ1v) is 8.38. The van der Waals surface area contributed by atoms with E-state index in [1.54, 1.807) is 48.9 Å². The van der Waals surface area contributed by atoms with Gasteiger partial charge in [0, 0.05) is 5.75 Å². The number of aryl methyl sites for hydroxylation is 1. The molecule has 0 atom stereocenters. The third-order valence-electron chi connectivity index (χ3n) is 3.31. The Bertz CT molecular complexity index is 842. The van der Waals surface area contributed by atoms with E-state index >= 15 is 0 Å². The quantitative estimate of drug-likeness (QED) is 0.676. The molecule has 0 fully saturated rings. The summed E-state index contributed by atoms with van der Waals surface area (Å²) in [5.41, 5.74) is 1.63. The van der Waals surface area contributed by atoms with Gasteiger partial charge in [-0.25, -0.2) is 4.79 Å². The molecule has 1 aromatic carbocycles. The first kappa shape index (κ1) is 16.3. The number of benzene rings is 1. The van der Waals surface area contributed by atoms with Crippen molar-refractivity contribution in [3.63, 3.8) is 0 Å². The van der Waals surface area contributed by atoms with Gasteiger partial charge in [0.2, 0.25) is 5.16 Å². The van der Waals surface area contributed by atoms with Crippen LogP contribution in [0, 0.1) is 6.92 Å². The lowest BCUT2D eigenvalue weighted by Crippen LogP contribution is -2.21. The minimum absolute atomic E-state index is 0.129. The number of hydrogen-bond acceptors (Lipinski definition) is 7. The van der Waals surface area contributed by atoms with Crippen LogP contribution >= 0.6 is 11.8 Å². The molecule has 2 aromatic rings. The molecule has 0 radical (unpaired) electrons. The molecule has 8 heteroatoms. The highest BCUT2D eigenvalue weighted by atomic mass is 32.2. The number of nitrogens with zero attached hydrogens (tertiary/aromatic N) is 4. The first-order valence-electron chi connectivity index (χ1n) is 7.39. The standard InChI is InChI=1S/C16H16N4O3S/c1-3-23-15(22)13(8-11-5-4-6-12(21)7-11)14-9-24-16-18-17-10(2)20(16)19-14/h4-8,21H,3,9H2,1-2H3/b13-8-. The summed E-state index contributed by atoms with van der Waals surface area (Å²) in [5, 5.41) is 22.8. The third-order valence-corrected chi connectivity index (χ3v) is 4.24. The van der Waals surface area contributed by atoms with E-state index < -0.39 is 5.97 Å². The van der Waals surface area contributed by atoms with Crippen molar-refractivity contribution >= 4 is 29.5 Å². The highest BCUT2D eigenvalue weighted by molar-refractivity contribution is 7.99. The summed E-state index contributed by atoms with van der Waals surface area (Å²) >= 11 is 1.46. The number of aromatic hydroxyl groups is 1. The van der Waals surface area contributed by atoms with Gasteiger partial charge in [0.1, 0.15) is 5.75 Å². The Morgan fingerprint density at radius 1 is 1.46 bits per heavy atom. The second-order valence-corrected chi connectivity index (χ2v) is 5.99. The summed E-state index contributed by atoms with van der Waals surface area (Å²) < 4.78 is 6.77. The molecule has 2 heterocycles. The molecule has 1 aromatic heterocycles. The van der Waals surface area contributed by atoms with Crippen LogP contribution in [0.5, 0.6) is 5.75 Å². The fourth-order valence-electron chi connectivity index (χ4n) is 2.21. The van der Waals surface area contributed by atoms with Crippen molar-refractivity contribution in [1.29, 1.82) is 0 Å². The number of carbonyl (C=O) groups is 1. The van der Waals surface area contributed by atoms with Gasteiger partial charge in [-0.3, -0.25) is 0 Å². The minimum Gasteiger partial charge on any atom is -0.508 e. The van der Waals surface area contributed by atoms with Crippen LogP contribution in [0.25, 0.3) is 6.08 Å². The number of ether oxygens (including phenoxy) is 1. The van der Waals surface area contributed by atoms with Gasteiger partial charge in [-0.15, -0.1) is 10.2 Å². The summed E-state index contributed by atoms with van der Waals surface area (Å²) in [6.45, 7) is 3.82. The fourth-order valence-corrected chi connectivity index (χ4v) is 3.08. The zero-order valence-electron chi connectivity index (χ0n) is 13.3. The molecule has 0 saturated carbocycles. The van der Waals surface area contributed by atoms with Crippen molar-refractivity contribution in [2.45, 2.75) is 19.0 Å². The van der Waals surface area contributed by atoms with E-state index in [9.17, 15) is 9.90 Å². The maximum absolute atomic E-state index is 12.4. The van der Waals surface area contributed by atoms with Crippen LogP contribution in [-0.2, 0) is 9.53 Å². The zero-order chi connectivity index (χ0) is 17.1. The number of fused-ring (bicyclic) bond motifs is 1. The Morgan fingerprint density at radius 3 is 3.04 bits per heavy atom. The fraction of sp³-hybridized carbons (Fsp3) is 0.250. The average Bonchev–Trinajstić information content (AvgIpc) is 2.94. The third kappa shape index (κ3) is 3.33. The Hall–Kier alpha value is -2.61. The second kappa shape index (κ2) is 6.88. The van der Waals surface area contributed by atoms with Crippen molar-refractivity contribution < 1.29 is 14.6 Å². The highest BCUT2D eigenvalue weighted by Gasteiger charge is 2.24. The number of phenolic OH excluding ortho intramolecular Hbond substituents is 1. The van der Waals surface area contributed by atoms with E-state index in [1.165, 1.54) is 11.8 Å². The number of thioether (sulfide) groups is 1. The Labute approximate surface area is 143 Å². The summed E-state index contributed by atoms with van der Waals surface area (Å²) in [6.07, 6.45) is 1.67. The lowest BCUT2D eigenvalue weighted by atomic mass is 10.1. The van der Waals surface area contributed by atoms with E-state index in [0.717, 1.165) is 0 Å². The number of carbonyl (C=O) groups excluding carboxylic acids is 1. The maximum atomic E-state index is 12.4. The van der Waals surface area contributed by atoms with Crippen molar-refractivity contribution in [2.24, 2.45) is 5.10 Å². The van der Waals surface area contributed by atoms with Gasteiger partial charge in [0.05, 0.1) is 17.9 Å². The SMILES string of the molecule is CCOC(=O)/C(=C\c1cccc(O)c1)C1=Nn2c(C)nnc2SC1. The molecule has 0 unspecified atom stereocenters. The number of hydrogen-bond donors (Lipinski definition) is 1. The van der Waals surface area contributed by atoms with Crippen molar-refractivity contribution in [3.05, 3.63) is 41.2 Å². The summed E-state index contributed by atoms with van der Waals surface area (Å²) in [4.78, 5) is 12.4. The van der Waals surface area contributed by atoms with Gasteiger partial charge >= 0.3 is 5.97 Å². The molecular formula is C16H16N4O3S. The van der Waals surface area contributed by atoms with Crippen molar-refractivity contribution in [1.82, 2.24) is 14.9 Å². The summed E-state index contributed by atoms with van der Waals surface area (Å²) in [6, 6.07) is 6.65. The predicted molar refractivity (Wildman–Crippen MR) is 91.0 cm³/mol. The Kier molecular flexibility index (Phi) is 4.66. The lowest BCUT2D eigenvalue weighted by Gasteiger charge is -2.15.